The van der Waals surface area contributed by atoms with E-state index < -0.39 is 29.6 Å². The minimum absolute atomic E-state index is 0.0197. The van der Waals surface area contributed by atoms with Crippen molar-refractivity contribution in [3.05, 3.63) is 44.7 Å². The van der Waals surface area contributed by atoms with Gasteiger partial charge in [0.25, 0.3) is 0 Å². The van der Waals surface area contributed by atoms with Gasteiger partial charge in [-0.05, 0) is 44.8 Å². The maximum Gasteiger partial charge on any atom is 0.306 e. The van der Waals surface area contributed by atoms with Crippen LogP contribution in [0.25, 0.3) is 0 Å². The van der Waals surface area contributed by atoms with Crippen LogP contribution in [0.5, 0.6) is 23.0 Å². The second-order valence-electron chi connectivity index (χ2n) is 11.2. The fourth-order valence-electron chi connectivity index (χ4n) is 5.22. The third-order valence-electron chi connectivity index (χ3n) is 7.91. The lowest BCUT2D eigenvalue weighted by Gasteiger charge is -2.17. The molecule has 2 aromatic carbocycles. The molecule has 14 heteroatoms. The fraction of sp³-hybridized carbons (Fsp3) is 0.484. The monoisotopic (exact) mass is 694 g/mol. The number of carbonyl (C=O) groups excluding carboxylic acids is 2. The molecule has 2 aromatic rings. The van der Waals surface area contributed by atoms with E-state index in [4.69, 9.17) is 29.2 Å². The normalized spacial score (nSPS) is 14.8. The third-order valence-corrected chi connectivity index (χ3v) is 8.75. The van der Waals surface area contributed by atoms with E-state index in [1.165, 1.54) is 33.0 Å². The highest BCUT2D eigenvalue weighted by Crippen LogP contribution is 2.46. The zero-order valence-corrected chi connectivity index (χ0v) is 27.1. The van der Waals surface area contributed by atoms with Crippen LogP contribution in [0.15, 0.2) is 16.6 Å². The fourth-order valence-corrected chi connectivity index (χ4v) is 5.93. The SMILES string of the molecule is COc1cc2c(cc1OCCCOc1c(F)c3c(c(Br)c1OC)CN(C(=O)CC(C)C(=O)O)C3)CN(C(=O)CC(C)C(=O)O)C2. The summed E-state index contributed by atoms with van der Waals surface area (Å²) in [5, 5.41) is 18.3. The van der Waals surface area contributed by atoms with Gasteiger partial charge in [0, 0.05) is 51.0 Å². The lowest BCUT2D eigenvalue weighted by molar-refractivity contribution is -0.145. The van der Waals surface area contributed by atoms with Gasteiger partial charge in [0.05, 0.1) is 43.7 Å². The molecule has 0 fully saturated rings. The molecule has 0 aliphatic carbocycles. The van der Waals surface area contributed by atoms with Crippen LogP contribution in [0, 0.1) is 17.7 Å². The Kier molecular flexibility index (Phi) is 10.8. The Morgan fingerprint density at radius 1 is 0.800 bits per heavy atom. The zero-order valence-electron chi connectivity index (χ0n) is 25.5. The van der Waals surface area contributed by atoms with Crippen molar-refractivity contribution in [2.75, 3.05) is 27.4 Å². The number of halogens is 2. The summed E-state index contributed by atoms with van der Waals surface area (Å²) < 4.78 is 38.8. The number of methoxy groups -OCH3 is 2. The Morgan fingerprint density at radius 3 is 1.84 bits per heavy atom. The van der Waals surface area contributed by atoms with E-state index in [0.29, 0.717) is 41.0 Å². The van der Waals surface area contributed by atoms with Gasteiger partial charge in [-0.3, -0.25) is 19.2 Å². The van der Waals surface area contributed by atoms with E-state index in [9.17, 15) is 19.2 Å². The average Bonchev–Trinajstić information content (AvgIpc) is 3.64. The number of aliphatic carboxylic acids is 2. The number of hydrogen-bond acceptors (Lipinski definition) is 8. The van der Waals surface area contributed by atoms with Crippen LogP contribution in [-0.2, 0) is 45.4 Å². The number of carboxylic acids is 2. The molecule has 0 radical (unpaired) electrons. The molecule has 244 valence electrons. The molecule has 0 saturated carbocycles. The van der Waals surface area contributed by atoms with Crippen molar-refractivity contribution < 1.29 is 52.7 Å². The average molecular weight is 696 g/mol. The van der Waals surface area contributed by atoms with Gasteiger partial charge in [0.1, 0.15) is 0 Å². The van der Waals surface area contributed by atoms with Crippen molar-refractivity contribution in [2.45, 2.75) is 59.3 Å². The van der Waals surface area contributed by atoms with Gasteiger partial charge in [0.2, 0.25) is 11.8 Å². The minimum atomic E-state index is -1.08. The Bertz CT molecular complexity index is 1500. The Labute approximate surface area is 268 Å². The van der Waals surface area contributed by atoms with Crippen LogP contribution in [0.2, 0.25) is 0 Å². The van der Waals surface area contributed by atoms with Gasteiger partial charge in [-0.15, -0.1) is 0 Å². The number of hydrogen-bond donors (Lipinski definition) is 2. The Morgan fingerprint density at radius 2 is 1.31 bits per heavy atom. The van der Waals surface area contributed by atoms with Crippen molar-refractivity contribution in [1.29, 1.82) is 0 Å². The maximum absolute atomic E-state index is 15.7. The van der Waals surface area contributed by atoms with E-state index in [-0.39, 0.29) is 68.0 Å². The highest BCUT2D eigenvalue weighted by atomic mass is 79.9. The maximum atomic E-state index is 15.7. The molecule has 0 saturated heterocycles. The number of carbonyl (C=O) groups is 4. The van der Waals surface area contributed by atoms with Crippen molar-refractivity contribution in [1.82, 2.24) is 9.80 Å². The number of ether oxygens (including phenoxy) is 4. The van der Waals surface area contributed by atoms with Crippen LogP contribution in [0.3, 0.4) is 0 Å². The topological polar surface area (TPSA) is 152 Å². The van der Waals surface area contributed by atoms with Gasteiger partial charge in [-0.2, -0.15) is 0 Å². The molecule has 0 spiro atoms. The molecule has 12 nitrogen and oxygen atoms in total. The van der Waals surface area contributed by atoms with Gasteiger partial charge in [-0.25, -0.2) is 4.39 Å². The molecule has 2 amide bonds. The first kappa shape index (κ1) is 33.8. The van der Waals surface area contributed by atoms with E-state index in [2.05, 4.69) is 15.9 Å². The summed E-state index contributed by atoms with van der Waals surface area (Å²) in [6.07, 6.45) is 0.0891. The summed E-state index contributed by atoms with van der Waals surface area (Å²) in [7, 11) is 2.89. The molecular formula is C31H36BrFN2O10. The summed E-state index contributed by atoms with van der Waals surface area (Å²) in [4.78, 5) is 50.6. The largest absolute Gasteiger partial charge is 0.493 e. The molecule has 2 unspecified atom stereocenters. The standard InChI is InChI=1S/C31H36BrFN2O10/c1-16(30(38)39)8-24(36)34-12-18-10-22(42-3)23(11-19(18)13-34)44-6-5-7-45-29-27(33)21-15-35(25(37)9-17(2)31(40)41)14-20(21)26(32)28(29)43-4/h10-11,16-17H,5-9,12-15H2,1-4H3,(H,38,39)(H,40,41). The first-order chi connectivity index (χ1) is 21.4. The van der Waals surface area contributed by atoms with Crippen LogP contribution < -0.4 is 18.9 Å². The molecule has 45 heavy (non-hydrogen) atoms. The summed E-state index contributed by atoms with van der Waals surface area (Å²) in [6, 6.07) is 3.60. The van der Waals surface area contributed by atoms with Gasteiger partial charge in [-0.1, -0.05) is 13.8 Å². The van der Waals surface area contributed by atoms with Crippen molar-refractivity contribution in [3.8, 4) is 23.0 Å². The summed E-state index contributed by atoms with van der Waals surface area (Å²) >= 11 is 3.46. The first-order valence-electron chi connectivity index (χ1n) is 14.4. The van der Waals surface area contributed by atoms with Crippen LogP contribution >= 0.6 is 15.9 Å². The second-order valence-corrected chi connectivity index (χ2v) is 11.9. The lowest BCUT2D eigenvalue weighted by atomic mass is 10.1. The molecule has 2 N–H and O–H groups in total. The number of rotatable bonds is 14. The van der Waals surface area contributed by atoms with E-state index >= 15 is 4.39 Å². The molecule has 2 heterocycles. The molecule has 2 atom stereocenters. The van der Waals surface area contributed by atoms with Crippen LogP contribution in [0.4, 0.5) is 4.39 Å². The summed E-state index contributed by atoms with van der Waals surface area (Å²) in [5.41, 5.74) is 2.58. The molecule has 0 aromatic heterocycles. The lowest BCUT2D eigenvalue weighted by Crippen LogP contribution is -2.28. The summed E-state index contributed by atoms with van der Waals surface area (Å²) in [6.45, 7) is 4.00. The number of nitrogens with zero attached hydrogens (tertiary/aromatic N) is 2. The van der Waals surface area contributed by atoms with Gasteiger partial charge in [0.15, 0.2) is 28.8 Å². The predicted octanol–water partition coefficient (Wildman–Crippen LogP) is 4.36. The van der Waals surface area contributed by atoms with Crippen LogP contribution in [0.1, 0.15) is 55.4 Å². The number of fused-ring (bicyclic) bond motifs is 2. The van der Waals surface area contributed by atoms with Crippen LogP contribution in [-0.4, -0.2) is 71.2 Å². The number of benzene rings is 2. The van der Waals surface area contributed by atoms with Crippen molar-refractivity contribution >= 4 is 39.7 Å². The number of carboxylic acid groups (broad SMARTS) is 2. The van der Waals surface area contributed by atoms with Gasteiger partial charge >= 0.3 is 11.9 Å². The smallest absolute Gasteiger partial charge is 0.306 e. The molecule has 0 bridgehead atoms. The first-order valence-corrected chi connectivity index (χ1v) is 15.2. The third kappa shape index (κ3) is 7.43. The molecular weight excluding hydrogens is 659 g/mol. The molecule has 4 rings (SSSR count). The number of amides is 2. The minimum Gasteiger partial charge on any atom is -0.493 e. The van der Waals surface area contributed by atoms with E-state index in [0.717, 1.165) is 11.1 Å². The molecule has 2 aliphatic rings. The predicted molar refractivity (Wildman–Crippen MR) is 161 cm³/mol. The van der Waals surface area contributed by atoms with E-state index in [1.54, 1.807) is 17.0 Å². The Hall–Kier alpha value is -4.07. The van der Waals surface area contributed by atoms with E-state index in [1.807, 2.05) is 0 Å². The highest BCUT2D eigenvalue weighted by Gasteiger charge is 2.34. The highest BCUT2D eigenvalue weighted by molar-refractivity contribution is 9.10. The summed E-state index contributed by atoms with van der Waals surface area (Å²) in [5.74, 6) is -4.02. The Balaban J connectivity index is 1.36. The quantitative estimate of drug-likeness (QED) is 0.273. The second kappa shape index (κ2) is 14.4. The van der Waals surface area contributed by atoms with Crippen molar-refractivity contribution in [2.24, 2.45) is 11.8 Å². The van der Waals surface area contributed by atoms with Gasteiger partial charge < -0.3 is 39.0 Å². The molecule has 2 aliphatic heterocycles. The zero-order chi connectivity index (χ0) is 33.0. The van der Waals surface area contributed by atoms with Crippen molar-refractivity contribution in [3.63, 3.8) is 0 Å².